The Kier molecular flexibility index (Phi) is 3.93. The smallest absolute Gasteiger partial charge is 0.199 e. The number of rotatable bonds is 2. The van der Waals surface area contributed by atoms with E-state index in [1.165, 1.54) is 0 Å². The third kappa shape index (κ3) is 2.70. The van der Waals surface area contributed by atoms with E-state index in [0.717, 1.165) is 21.6 Å². The van der Waals surface area contributed by atoms with E-state index < -0.39 is 0 Å². The van der Waals surface area contributed by atoms with Gasteiger partial charge in [-0.05, 0) is 34.9 Å². The number of nitrogens with one attached hydrogen (secondary N) is 2. The number of hydrogen-bond acceptors (Lipinski definition) is 4. The highest BCUT2D eigenvalue weighted by molar-refractivity contribution is 7.80. The van der Waals surface area contributed by atoms with Gasteiger partial charge in [0.25, 0.3) is 0 Å². The molecule has 4 nitrogen and oxygen atoms in total. The molecule has 0 unspecified atom stereocenters. The third-order valence-corrected chi connectivity index (χ3v) is 5.55. The Labute approximate surface area is 172 Å². The summed E-state index contributed by atoms with van der Waals surface area (Å²) in [4.78, 5) is 17.2. The fourth-order valence-corrected chi connectivity index (χ4v) is 3.98. The van der Waals surface area contributed by atoms with Crippen LogP contribution in [0.2, 0.25) is 0 Å². The first-order valence-electron chi connectivity index (χ1n) is 9.12. The molecule has 0 aliphatic heterocycles. The lowest BCUT2D eigenvalue weighted by Crippen LogP contribution is -2.20. The van der Waals surface area contributed by atoms with Crippen molar-refractivity contribution < 1.29 is 9.90 Å². The van der Waals surface area contributed by atoms with Gasteiger partial charge in [0.1, 0.15) is 0 Å². The van der Waals surface area contributed by atoms with E-state index in [4.69, 9.17) is 5.41 Å². The van der Waals surface area contributed by atoms with Crippen molar-refractivity contribution >= 4 is 24.1 Å². The summed E-state index contributed by atoms with van der Waals surface area (Å²) >= 11 is 4.30. The normalized spacial score (nSPS) is 12.6. The number of thiol groups is 1. The average Bonchev–Trinajstić information content (AvgIpc) is 3.10. The molecule has 1 aromatic heterocycles. The SMILES string of the molecule is N=C1c2ccc(-c3ccccc3)cc2C(=O)c2c(-c3ccc(S)cc3)[nH]c(O)c21. The van der Waals surface area contributed by atoms with E-state index in [0.29, 0.717) is 22.4 Å². The van der Waals surface area contributed by atoms with E-state index in [-0.39, 0.29) is 22.9 Å². The second-order valence-corrected chi connectivity index (χ2v) is 7.49. The number of benzene rings is 3. The summed E-state index contributed by atoms with van der Waals surface area (Å²) in [5.74, 6) is -0.369. The Bertz CT molecular complexity index is 1290. The molecule has 0 saturated carbocycles. The molecule has 0 atom stereocenters. The number of aromatic nitrogens is 1. The predicted octanol–water partition coefficient (Wildman–Crippen LogP) is 5.30. The molecule has 29 heavy (non-hydrogen) atoms. The number of carbonyl (C=O) groups excluding carboxylic acids is 1. The molecule has 0 amide bonds. The molecule has 1 aliphatic carbocycles. The highest BCUT2D eigenvalue weighted by Gasteiger charge is 2.34. The van der Waals surface area contributed by atoms with Crippen LogP contribution >= 0.6 is 12.6 Å². The molecule has 0 saturated heterocycles. The summed E-state index contributed by atoms with van der Waals surface area (Å²) in [6.07, 6.45) is 0. The van der Waals surface area contributed by atoms with E-state index in [1.807, 2.05) is 66.7 Å². The molecule has 1 aliphatic rings. The highest BCUT2D eigenvalue weighted by atomic mass is 32.1. The zero-order valence-corrected chi connectivity index (χ0v) is 16.1. The van der Waals surface area contributed by atoms with Crippen molar-refractivity contribution in [2.45, 2.75) is 4.90 Å². The first-order chi connectivity index (χ1) is 14.0. The first kappa shape index (κ1) is 17.5. The molecule has 0 bridgehead atoms. The zero-order chi connectivity index (χ0) is 20.1. The minimum Gasteiger partial charge on any atom is -0.494 e. The van der Waals surface area contributed by atoms with Gasteiger partial charge in [0.05, 0.1) is 22.5 Å². The van der Waals surface area contributed by atoms with Crippen molar-refractivity contribution in [1.82, 2.24) is 4.98 Å². The molecular weight excluding hydrogens is 380 g/mol. The quantitative estimate of drug-likeness (QED) is 0.306. The Morgan fingerprint density at radius 2 is 1.48 bits per heavy atom. The van der Waals surface area contributed by atoms with Crippen LogP contribution < -0.4 is 0 Å². The third-order valence-electron chi connectivity index (χ3n) is 5.25. The van der Waals surface area contributed by atoms with Gasteiger partial charge in [0.2, 0.25) is 0 Å². The number of aromatic amines is 1. The van der Waals surface area contributed by atoms with Crippen LogP contribution in [0.25, 0.3) is 22.4 Å². The van der Waals surface area contributed by atoms with Crippen molar-refractivity contribution in [1.29, 1.82) is 5.41 Å². The van der Waals surface area contributed by atoms with Gasteiger partial charge in [-0.2, -0.15) is 0 Å². The molecule has 4 aromatic rings. The summed E-state index contributed by atoms with van der Waals surface area (Å²) in [7, 11) is 0. The number of hydrogen-bond donors (Lipinski definition) is 4. The largest absolute Gasteiger partial charge is 0.494 e. The molecular formula is C24H16N2O2S. The number of carbonyl (C=O) groups is 1. The molecule has 0 spiro atoms. The van der Waals surface area contributed by atoms with Gasteiger partial charge in [0, 0.05) is 16.0 Å². The molecule has 3 N–H and O–H groups in total. The van der Waals surface area contributed by atoms with E-state index >= 15 is 0 Å². The number of ketones is 1. The minimum atomic E-state index is -0.203. The monoisotopic (exact) mass is 396 g/mol. The van der Waals surface area contributed by atoms with Crippen molar-refractivity contribution in [2.75, 3.05) is 0 Å². The maximum absolute atomic E-state index is 13.5. The standard InChI is InChI=1S/C24H16N2O2S/c25-21-17-11-8-15(13-4-2-1-3-5-13)12-18(17)23(27)20-19(21)24(28)26-22(20)14-6-9-16(29)10-7-14/h1-12,25-26,28-29H. The van der Waals surface area contributed by atoms with Gasteiger partial charge in [-0.25, -0.2) is 0 Å². The number of aromatic hydroxyl groups is 1. The Morgan fingerprint density at radius 1 is 0.793 bits per heavy atom. The lowest BCUT2D eigenvalue weighted by molar-refractivity contribution is 0.103. The van der Waals surface area contributed by atoms with E-state index in [9.17, 15) is 9.90 Å². The fourth-order valence-electron chi connectivity index (χ4n) is 3.83. The molecule has 5 rings (SSSR count). The van der Waals surface area contributed by atoms with Crippen LogP contribution in [0.4, 0.5) is 0 Å². The lowest BCUT2D eigenvalue weighted by Gasteiger charge is -2.19. The van der Waals surface area contributed by atoms with Gasteiger partial charge in [-0.1, -0.05) is 54.6 Å². The van der Waals surface area contributed by atoms with Crippen LogP contribution in [-0.4, -0.2) is 21.6 Å². The summed E-state index contributed by atoms with van der Waals surface area (Å²) in [6, 6.07) is 22.6. The highest BCUT2D eigenvalue weighted by Crippen LogP contribution is 2.40. The van der Waals surface area contributed by atoms with E-state index in [2.05, 4.69) is 17.6 Å². The maximum Gasteiger partial charge on any atom is 0.199 e. The first-order valence-corrected chi connectivity index (χ1v) is 9.57. The van der Waals surface area contributed by atoms with Gasteiger partial charge in [0.15, 0.2) is 11.7 Å². The van der Waals surface area contributed by atoms with E-state index in [1.54, 1.807) is 6.07 Å². The van der Waals surface area contributed by atoms with Crippen molar-refractivity contribution in [2.24, 2.45) is 0 Å². The number of H-pyrrole nitrogens is 1. The van der Waals surface area contributed by atoms with Gasteiger partial charge in [-0.3, -0.25) is 10.2 Å². The van der Waals surface area contributed by atoms with Gasteiger partial charge in [-0.15, -0.1) is 12.6 Å². The second-order valence-electron chi connectivity index (χ2n) is 6.98. The molecule has 3 aromatic carbocycles. The molecule has 0 fully saturated rings. The zero-order valence-electron chi connectivity index (χ0n) is 15.2. The predicted molar refractivity (Wildman–Crippen MR) is 116 cm³/mol. The van der Waals surface area contributed by atoms with Crippen molar-refractivity contribution in [3.8, 4) is 28.3 Å². The average molecular weight is 396 g/mol. The summed E-state index contributed by atoms with van der Waals surface area (Å²) in [5.41, 5.74) is 4.89. The fraction of sp³-hybridized carbons (Fsp3) is 0. The van der Waals surface area contributed by atoms with Crippen LogP contribution in [0.15, 0.2) is 77.7 Å². The summed E-state index contributed by atoms with van der Waals surface area (Å²) in [6.45, 7) is 0. The van der Waals surface area contributed by atoms with Crippen LogP contribution in [0.3, 0.4) is 0 Å². The van der Waals surface area contributed by atoms with Crippen LogP contribution in [0.1, 0.15) is 27.0 Å². The van der Waals surface area contributed by atoms with Gasteiger partial charge < -0.3 is 10.1 Å². The van der Waals surface area contributed by atoms with Crippen LogP contribution in [-0.2, 0) is 0 Å². The topological polar surface area (TPSA) is 76.9 Å². The Balaban J connectivity index is 1.70. The van der Waals surface area contributed by atoms with Crippen LogP contribution in [0.5, 0.6) is 5.88 Å². The Morgan fingerprint density at radius 3 is 2.21 bits per heavy atom. The molecule has 1 heterocycles. The van der Waals surface area contributed by atoms with Crippen LogP contribution in [0, 0.1) is 5.41 Å². The van der Waals surface area contributed by atoms with Crippen molar-refractivity contribution in [3.05, 3.63) is 95.1 Å². The second kappa shape index (κ2) is 6.50. The maximum atomic E-state index is 13.5. The molecule has 140 valence electrons. The van der Waals surface area contributed by atoms with Crippen molar-refractivity contribution in [3.63, 3.8) is 0 Å². The minimum absolute atomic E-state index is 0.139. The number of fused-ring (bicyclic) bond motifs is 2. The Hall–Kier alpha value is -3.57. The molecule has 5 heteroatoms. The summed E-state index contributed by atoms with van der Waals surface area (Å²) < 4.78 is 0. The summed E-state index contributed by atoms with van der Waals surface area (Å²) in [5, 5.41) is 19.1. The molecule has 0 radical (unpaired) electrons. The lowest BCUT2D eigenvalue weighted by atomic mass is 9.82. The van der Waals surface area contributed by atoms with Gasteiger partial charge >= 0.3 is 0 Å².